The van der Waals surface area contributed by atoms with Gasteiger partial charge in [-0.25, -0.2) is 0 Å². The summed E-state index contributed by atoms with van der Waals surface area (Å²) in [5.74, 6) is -0.120. The van der Waals surface area contributed by atoms with Crippen molar-refractivity contribution >= 4 is 24.0 Å². The van der Waals surface area contributed by atoms with Gasteiger partial charge in [0.15, 0.2) is 0 Å². The van der Waals surface area contributed by atoms with Crippen LogP contribution >= 0.6 is 12.4 Å². The first-order valence-corrected chi connectivity index (χ1v) is 6.57. The van der Waals surface area contributed by atoms with Gasteiger partial charge in [0.25, 0.3) is 0 Å². The lowest BCUT2D eigenvalue weighted by molar-refractivity contribution is -0.385. The largest absolute Gasteiger partial charge is 0.339 e. The summed E-state index contributed by atoms with van der Waals surface area (Å²) in [5.41, 5.74) is 4.79. The Kier molecular flexibility index (Phi) is 5.30. The van der Waals surface area contributed by atoms with E-state index < -0.39 is 10.5 Å². The SMILES string of the molecule is CC(C)(C(=O)N1CCCC(N)C1)n1cc([N+](=O)[O-])cn1.Cl. The number of piperidine rings is 1. The zero-order chi connectivity index (χ0) is 14.9. The van der Waals surface area contributed by atoms with Crippen LogP contribution in [0.5, 0.6) is 0 Å². The summed E-state index contributed by atoms with van der Waals surface area (Å²) >= 11 is 0. The number of carbonyl (C=O) groups excluding carboxylic acids is 1. The van der Waals surface area contributed by atoms with Crippen molar-refractivity contribution in [2.45, 2.75) is 38.3 Å². The van der Waals surface area contributed by atoms with Crippen molar-refractivity contribution in [3.8, 4) is 0 Å². The third kappa shape index (κ3) is 3.51. The van der Waals surface area contributed by atoms with Gasteiger partial charge in [0.2, 0.25) is 5.91 Å². The quantitative estimate of drug-likeness (QED) is 0.658. The molecule has 0 aromatic carbocycles. The fraction of sp³-hybridized carbons (Fsp3) is 0.667. The van der Waals surface area contributed by atoms with Gasteiger partial charge in [0, 0.05) is 19.1 Å². The molecule has 1 aliphatic rings. The lowest BCUT2D eigenvalue weighted by atomic mass is 10.00. The van der Waals surface area contributed by atoms with Gasteiger partial charge >= 0.3 is 5.69 Å². The molecule has 118 valence electrons. The lowest BCUT2D eigenvalue weighted by Crippen LogP contribution is -2.53. The fourth-order valence-corrected chi connectivity index (χ4v) is 2.39. The number of nitrogens with two attached hydrogens (primary N) is 1. The summed E-state index contributed by atoms with van der Waals surface area (Å²) in [6.07, 6.45) is 4.22. The van der Waals surface area contributed by atoms with Crippen LogP contribution in [0.1, 0.15) is 26.7 Å². The van der Waals surface area contributed by atoms with Crippen LogP contribution < -0.4 is 5.73 Å². The molecule has 1 saturated heterocycles. The average Bonchev–Trinajstić information content (AvgIpc) is 2.88. The molecule has 1 aromatic rings. The highest BCUT2D eigenvalue weighted by atomic mass is 35.5. The lowest BCUT2D eigenvalue weighted by Gasteiger charge is -2.36. The van der Waals surface area contributed by atoms with Crippen LogP contribution in [0, 0.1) is 10.1 Å². The molecule has 0 spiro atoms. The minimum absolute atomic E-state index is 0. The highest BCUT2D eigenvalue weighted by molar-refractivity contribution is 5.85. The zero-order valence-corrected chi connectivity index (χ0v) is 12.9. The van der Waals surface area contributed by atoms with Gasteiger partial charge in [-0.15, -0.1) is 12.4 Å². The summed E-state index contributed by atoms with van der Waals surface area (Å²) in [5, 5.41) is 14.6. The second-order valence-electron chi connectivity index (χ2n) is 5.61. The van der Waals surface area contributed by atoms with Crippen molar-refractivity contribution in [1.82, 2.24) is 14.7 Å². The Morgan fingerprint density at radius 1 is 1.57 bits per heavy atom. The molecule has 8 nitrogen and oxygen atoms in total. The van der Waals surface area contributed by atoms with E-state index in [2.05, 4.69) is 5.10 Å². The summed E-state index contributed by atoms with van der Waals surface area (Å²) in [7, 11) is 0. The molecule has 2 rings (SSSR count). The topological polar surface area (TPSA) is 107 Å². The van der Waals surface area contributed by atoms with E-state index in [0.717, 1.165) is 19.0 Å². The molecule has 1 amide bonds. The molecule has 0 radical (unpaired) electrons. The summed E-state index contributed by atoms with van der Waals surface area (Å²) < 4.78 is 1.34. The van der Waals surface area contributed by atoms with Crippen molar-refractivity contribution in [2.24, 2.45) is 5.73 Å². The number of nitro groups is 1. The minimum Gasteiger partial charge on any atom is -0.339 e. The number of rotatable bonds is 3. The summed E-state index contributed by atoms with van der Waals surface area (Å²) in [6, 6.07) is -0.00421. The van der Waals surface area contributed by atoms with E-state index in [4.69, 9.17) is 5.73 Å². The number of likely N-dealkylation sites (tertiary alicyclic amines) is 1. The number of carbonyl (C=O) groups is 1. The van der Waals surface area contributed by atoms with Crippen molar-refractivity contribution in [3.05, 3.63) is 22.5 Å². The second kappa shape index (κ2) is 6.40. The maximum absolute atomic E-state index is 12.6. The third-order valence-electron chi connectivity index (χ3n) is 3.62. The van der Waals surface area contributed by atoms with Crippen molar-refractivity contribution < 1.29 is 9.72 Å². The van der Waals surface area contributed by atoms with Gasteiger partial charge in [-0.3, -0.25) is 19.6 Å². The maximum Gasteiger partial charge on any atom is 0.307 e. The highest BCUT2D eigenvalue weighted by Gasteiger charge is 2.36. The number of aromatic nitrogens is 2. The first-order chi connectivity index (χ1) is 9.32. The van der Waals surface area contributed by atoms with E-state index in [1.807, 2.05) is 0 Å². The normalized spacial score (nSPS) is 19.0. The Bertz CT molecular complexity index is 531. The Balaban J connectivity index is 0.00000220. The number of hydrogen-bond donors (Lipinski definition) is 1. The molecular formula is C12H20ClN5O3. The number of halogens is 1. The molecule has 0 bridgehead atoms. The number of hydrogen-bond acceptors (Lipinski definition) is 5. The molecule has 21 heavy (non-hydrogen) atoms. The molecule has 0 saturated carbocycles. The monoisotopic (exact) mass is 317 g/mol. The van der Waals surface area contributed by atoms with Gasteiger partial charge in [0.1, 0.15) is 17.9 Å². The molecular weight excluding hydrogens is 298 g/mol. The van der Waals surface area contributed by atoms with E-state index >= 15 is 0 Å². The van der Waals surface area contributed by atoms with Gasteiger partial charge in [-0.1, -0.05) is 0 Å². The van der Waals surface area contributed by atoms with Crippen LogP contribution in [0.3, 0.4) is 0 Å². The predicted molar refractivity (Wildman–Crippen MR) is 79.2 cm³/mol. The molecule has 9 heteroatoms. The highest BCUT2D eigenvalue weighted by Crippen LogP contribution is 2.22. The fourth-order valence-electron chi connectivity index (χ4n) is 2.39. The Morgan fingerprint density at radius 3 is 2.76 bits per heavy atom. The van der Waals surface area contributed by atoms with Crippen LogP contribution in [-0.4, -0.2) is 44.6 Å². The van der Waals surface area contributed by atoms with Crippen molar-refractivity contribution in [3.63, 3.8) is 0 Å². The molecule has 1 unspecified atom stereocenters. The summed E-state index contributed by atoms with van der Waals surface area (Å²) in [6.45, 7) is 4.59. The van der Waals surface area contributed by atoms with Crippen molar-refractivity contribution in [1.29, 1.82) is 0 Å². The molecule has 1 fully saturated rings. The standard InChI is InChI=1S/C12H19N5O3.ClH/c1-12(2,16-8-10(6-14-16)17(19)20)11(18)15-5-3-4-9(13)7-15;/h6,8-9H,3-5,7,13H2,1-2H3;1H. The molecule has 2 N–H and O–H groups in total. The van der Waals surface area contributed by atoms with E-state index in [0.29, 0.717) is 13.1 Å². The molecule has 0 aliphatic carbocycles. The zero-order valence-electron chi connectivity index (χ0n) is 12.1. The van der Waals surface area contributed by atoms with Gasteiger partial charge in [0.05, 0.1) is 4.92 Å². The first-order valence-electron chi connectivity index (χ1n) is 6.57. The smallest absolute Gasteiger partial charge is 0.307 e. The molecule has 1 atom stereocenters. The predicted octanol–water partition coefficient (Wildman–Crippen LogP) is 0.898. The van der Waals surface area contributed by atoms with Gasteiger partial charge in [-0.05, 0) is 26.7 Å². The third-order valence-corrected chi connectivity index (χ3v) is 3.62. The Hall–Kier alpha value is -1.67. The van der Waals surface area contributed by atoms with E-state index in [1.54, 1.807) is 18.7 Å². The Morgan fingerprint density at radius 2 is 2.24 bits per heavy atom. The molecule has 1 aliphatic heterocycles. The van der Waals surface area contributed by atoms with Crippen LogP contribution in [0.15, 0.2) is 12.4 Å². The number of nitrogens with zero attached hydrogens (tertiary/aromatic N) is 4. The second-order valence-corrected chi connectivity index (χ2v) is 5.61. The van der Waals surface area contributed by atoms with Crippen LogP contribution in [-0.2, 0) is 10.3 Å². The Labute approximate surface area is 128 Å². The minimum atomic E-state index is -0.967. The van der Waals surface area contributed by atoms with Crippen LogP contribution in [0.4, 0.5) is 5.69 Å². The van der Waals surface area contributed by atoms with E-state index in [1.165, 1.54) is 10.9 Å². The van der Waals surface area contributed by atoms with Crippen LogP contribution in [0.2, 0.25) is 0 Å². The van der Waals surface area contributed by atoms with Gasteiger partial charge in [-0.2, -0.15) is 5.10 Å². The van der Waals surface area contributed by atoms with Crippen molar-refractivity contribution in [2.75, 3.05) is 13.1 Å². The number of amides is 1. The van der Waals surface area contributed by atoms with E-state index in [-0.39, 0.29) is 30.0 Å². The summed E-state index contributed by atoms with van der Waals surface area (Å²) in [4.78, 5) is 24.5. The van der Waals surface area contributed by atoms with Gasteiger partial charge < -0.3 is 10.6 Å². The average molecular weight is 318 g/mol. The molecule has 2 heterocycles. The first kappa shape index (κ1) is 17.4. The maximum atomic E-state index is 12.6. The van der Waals surface area contributed by atoms with Crippen LogP contribution in [0.25, 0.3) is 0 Å². The van der Waals surface area contributed by atoms with E-state index in [9.17, 15) is 14.9 Å². The molecule has 1 aromatic heterocycles.